The third-order valence-corrected chi connectivity index (χ3v) is 2.66. The van der Waals surface area contributed by atoms with Crippen molar-refractivity contribution in [2.24, 2.45) is 5.41 Å². The predicted octanol–water partition coefficient (Wildman–Crippen LogP) is 1.53. The lowest BCUT2D eigenvalue weighted by molar-refractivity contribution is 0.220. The van der Waals surface area contributed by atoms with Crippen LogP contribution in [0, 0.1) is 5.41 Å². The highest BCUT2D eigenvalue weighted by Crippen LogP contribution is 2.25. The fourth-order valence-electron chi connectivity index (χ4n) is 1.23. The van der Waals surface area contributed by atoms with Crippen LogP contribution >= 0.6 is 11.6 Å². The van der Waals surface area contributed by atoms with E-state index in [0.717, 1.165) is 0 Å². The summed E-state index contributed by atoms with van der Waals surface area (Å²) in [6, 6.07) is 0. The molecule has 0 radical (unpaired) electrons. The molecule has 0 aliphatic heterocycles. The van der Waals surface area contributed by atoms with Gasteiger partial charge in [-0.15, -0.1) is 0 Å². The molecule has 6 heteroatoms. The second-order valence-electron chi connectivity index (χ2n) is 4.42. The van der Waals surface area contributed by atoms with Crippen molar-refractivity contribution in [1.82, 2.24) is 9.97 Å². The number of aromatic nitrogens is 2. The number of aliphatic hydroxyl groups excluding tert-OH is 1. The van der Waals surface area contributed by atoms with Crippen molar-refractivity contribution in [3.05, 3.63) is 11.5 Å². The van der Waals surface area contributed by atoms with Crippen molar-refractivity contribution in [3.8, 4) is 0 Å². The molecule has 90 valence electrons. The summed E-state index contributed by atoms with van der Waals surface area (Å²) in [4.78, 5) is 7.78. The van der Waals surface area contributed by atoms with Crippen molar-refractivity contribution in [2.45, 2.75) is 20.3 Å². The number of nitrogens with two attached hydrogens (primary N) is 1. The minimum Gasteiger partial charge on any atom is -0.396 e. The van der Waals surface area contributed by atoms with Gasteiger partial charge >= 0.3 is 0 Å². The first-order valence-electron chi connectivity index (χ1n) is 5.07. The zero-order chi connectivity index (χ0) is 12.2. The van der Waals surface area contributed by atoms with Gasteiger partial charge in [0.25, 0.3) is 0 Å². The molecule has 0 spiro atoms. The van der Waals surface area contributed by atoms with Gasteiger partial charge in [-0.25, -0.2) is 9.97 Å². The smallest absolute Gasteiger partial charge is 0.157 e. The van der Waals surface area contributed by atoms with Gasteiger partial charge in [-0.3, -0.25) is 0 Å². The maximum absolute atomic E-state index is 8.90. The number of nitrogens with one attached hydrogen (secondary N) is 1. The molecule has 1 aromatic heterocycles. The van der Waals surface area contributed by atoms with E-state index in [4.69, 9.17) is 22.4 Å². The molecule has 0 fully saturated rings. The van der Waals surface area contributed by atoms with E-state index < -0.39 is 0 Å². The number of rotatable bonds is 5. The Labute approximate surface area is 100 Å². The van der Waals surface area contributed by atoms with Gasteiger partial charge < -0.3 is 16.2 Å². The second kappa shape index (κ2) is 5.32. The first kappa shape index (κ1) is 13.0. The van der Waals surface area contributed by atoms with Crippen LogP contribution in [0.25, 0.3) is 0 Å². The Balaban J connectivity index is 2.64. The van der Waals surface area contributed by atoms with Gasteiger partial charge in [0.05, 0.1) is 0 Å². The first-order valence-corrected chi connectivity index (χ1v) is 5.45. The summed E-state index contributed by atoms with van der Waals surface area (Å²) in [7, 11) is 0. The fraction of sp³-hybridized carbons (Fsp3) is 0.600. The van der Waals surface area contributed by atoms with Crippen LogP contribution in [0.2, 0.25) is 5.15 Å². The molecule has 0 aliphatic rings. The maximum atomic E-state index is 8.90. The molecule has 1 aromatic rings. The van der Waals surface area contributed by atoms with Gasteiger partial charge in [0, 0.05) is 13.2 Å². The van der Waals surface area contributed by atoms with Crippen molar-refractivity contribution in [3.63, 3.8) is 0 Å². The number of nitrogen functional groups attached to an aromatic ring is 1. The molecular formula is C10H17ClN4O. The molecular weight excluding hydrogens is 228 g/mol. The van der Waals surface area contributed by atoms with Crippen LogP contribution in [0.4, 0.5) is 11.5 Å². The lowest BCUT2D eigenvalue weighted by Gasteiger charge is -2.24. The average molecular weight is 245 g/mol. The van der Waals surface area contributed by atoms with Gasteiger partial charge in [0.1, 0.15) is 12.0 Å². The van der Waals surface area contributed by atoms with Crippen LogP contribution in [-0.4, -0.2) is 28.2 Å². The summed E-state index contributed by atoms with van der Waals surface area (Å²) >= 11 is 5.77. The van der Waals surface area contributed by atoms with Gasteiger partial charge in [-0.05, 0) is 11.8 Å². The van der Waals surface area contributed by atoms with Crippen molar-refractivity contribution >= 4 is 23.1 Å². The molecule has 1 heterocycles. The monoisotopic (exact) mass is 244 g/mol. The Morgan fingerprint density at radius 3 is 2.81 bits per heavy atom. The highest BCUT2D eigenvalue weighted by Gasteiger charge is 2.17. The van der Waals surface area contributed by atoms with Crippen LogP contribution < -0.4 is 11.1 Å². The molecule has 0 aromatic carbocycles. The minimum atomic E-state index is -0.0292. The average Bonchev–Trinajstić information content (AvgIpc) is 2.20. The van der Waals surface area contributed by atoms with Gasteiger partial charge in [-0.1, -0.05) is 25.4 Å². The Morgan fingerprint density at radius 1 is 1.50 bits per heavy atom. The normalized spacial score (nSPS) is 11.5. The Morgan fingerprint density at radius 2 is 2.19 bits per heavy atom. The molecule has 0 unspecified atom stereocenters. The van der Waals surface area contributed by atoms with Crippen molar-refractivity contribution in [2.75, 3.05) is 24.2 Å². The highest BCUT2D eigenvalue weighted by molar-refractivity contribution is 6.32. The second-order valence-corrected chi connectivity index (χ2v) is 4.78. The quantitative estimate of drug-likeness (QED) is 0.684. The lowest BCUT2D eigenvalue weighted by Crippen LogP contribution is -2.25. The summed E-state index contributed by atoms with van der Waals surface area (Å²) < 4.78 is 0. The zero-order valence-corrected chi connectivity index (χ0v) is 10.3. The first-order chi connectivity index (χ1) is 7.46. The van der Waals surface area contributed by atoms with Crippen LogP contribution in [0.1, 0.15) is 20.3 Å². The third kappa shape index (κ3) is 3.50. The highest BCUT2D eigenvalue weighted by atomic mass is 35.5. The minimum absolute atomic E-state index is 0.0292. The van der Waals surface area contributed by atoms with Gasteiger partial charge in [-0.2, -0.15) is 0 Å². The number of hydrogen-bond acceptors (Lipinski definition) is 5. The topological polar surface area (TPSA) is 84.1 Å². The maximum Gasteiger partial charge on any atom is 0.157 e. The molecule has 0 aliphatic carbocycles. The zero-order valence-electron chi connectivity index (χ0n) is 9.50. The molecule has 0 bridgehead atoms. The molecule has 0 atom stereocenters. The number of hydrogen-bond donors (Lipinski definition) is 3. The molecule has 0 saturated heterocycles. The van der Waals surface area contributed by atoms with E-state index in [0.29, 0.717) is 24.5 Å². The summed E-state index contributed by atoms with van der Waals surface area (Å²) in [5.41, 5.74) is 6.04. The van der Waals surface area contributed by atoms with Crippen molar-refractivity contribution in [1.29, 1.82) is 0 Å². The SMILES string of the molecule is CC(C)(CCO)CNc1ncnc(Cl)c1N. The van der Waals surface area contributed by atoms with Crippen LogP contribution in [-0.2, 0) is 0 Å². The molecule has 16 heavy (non-hydrogen) atoms. The van der Waals surface area contributed by atoms with E-state index in [2.05, 4.69) is 29.1 Å². The number of nitrogens with zero attached hydrogens (tertiary/aromatic N) is 2. The van der Waals surface area contributed by atoms with Crippen LogP contribution in [0.15, 0.2) is 6.33 Å². The molecule has 0 saturated carbocycles. The van der Waals surface area contributed by atoms with Crippen LogP contribution in [0.5, 0.6) is 0 Å². The summed E-state index contributed by atoms with van der Waals surface area (Å²) in [6.07, 6.45) is 2.07. The third-order valence-electron chi connectivity index (χ3n) is 2.36. The van der Waals surface area contributed by atoms with E-state index in [1.165, 1.54) is 6.33 Å². The van der Waals surface area contributed by atoms with E-state index in [1.807, 2.05) is 0 Å². The van der Waals surface area contributed by atoms with E-state index in [-0.39, 0.29) is 17.2 Å². The van der Waals surface area contributed by atoms with Crippen molar-refractivity contribution < 1.29 is 5.11 Å². The van der Waals surface area contributed by atoms with Gasteiger partial charge in [0.15, 0.2) is 11.0 Å². The number of halogens is 1. The van der Waals surface area contributed by atoms with E-state index >= 15 is 0 Å². The lowest BCUT2D eigenvalue weighted by atomic mass is 9.90. The van der Waals surface area contributed by atoms with Crippen LogP contribution in [0.3, 0.4) is 0 Å². The number of aliphatic hydroxyl groups is 1. The van der Waals surface area contributed by atoms with E-state index in [1.54, 1.807) is 0 Å². The Hall–Kier alpha value is -1.07. The summed E-state index contributed by atoms with van der Waals surface area (Å²) in [6.45, 7) is 4.92. The Kier molecular flexibility index (Phi) is 4.32. The molecule has 4 N–H and O–H groups in total. The largest absolute Gasteiger partial charge is 0.396 e. The number of anilines is 2. The standard InChI is InChI=1S/C10H17ClN4O/c1-10(2,3-4-16)5-13-9-7(12)8(11)14-6-15-9/h6,16H,3-5,12H2,1-2H3,(H,13,14,15). The summed E-state index contributed by atoms with van der Waals surface area (Å²) in [5, 5.41) is 12.3. The molecule has 0 amide bonds. The molecule has 1 rings (SSSR count). The van der Waals surface area contributed by atoms with E-state index in [9.17, 15) is 0 Å². The fourth-order valence-corrected chi connectivity index (χ4v) is 1.36. The molecule has 5 nitrogen and oxygen atoms in total. The predicted molar refractivity (Wildman–Crippen MR) is 65.4 cm³/mol. The Bertz CT molecular complexity index is 357. The summed E-state index contributed by atoms with van der Waals surface area (Å²) in [5.74, 6) is 0.533. The van der Waals surface area contributed by atoms with Gasteiger partial charge in [0.2, 0.25) is 0 Å².